The molecule has 0 saturated heterocycles. The second kappa shape index (κ2) is 8.83. The van der Waals surface area contributed by atoms with Crippen LogP contribution in [0.4, 0.5) is 9.59 Å². The lowest BCUT2D eigenvalue weighted by Gasteiger charge is -2.22. The summed E-state index contributed by atoms with van der Waals surface area (Å²) in [4.78, 5) is 34.4. The van der Waals surface area contributed by atoms with Crippen LogP contribution in [0.5, 0.6) is 0 Å². The molecule has 0 bridgehead atoms. The molecule has 0 rings (SSSR count). The monoisotopic (exact) mass is 302 g/mol. The van der Waals surface area contributed by atoms with Crippen LogP contribution in [-0.2, 0) is 19.0 Å². The van der Waals surface area contributed by atoms with Crippen molar-refractivity contribution >= 4 is 18.2 Å². The summed E-state index contributed by atoms with van der Waals surface area (Å²) in [6.45, 7) is 8.31. The number of hydrogen-bond acceptors (Lipinski definition) is 6. The largest absolute Gasteiger partial charge is 0.467 e. The summed E-state index contributed by atoms with van der Waals surface area (Å²) in [7, 11) is 1.16. The Labute approximate surface area is 123 Å². The molecule has 8 heteroatoms. The van der Waals surface area contributed by atoms with Crippen LogP contribution in [0, 0.1) is 0 Å². The molecule has 0 saturated carbocycles. The highest BCUT2D eigenvalue weighted by atomic mass is 16.6. The van der Waals surface area contributed by atoms with Crippen LogP contribution in [0.2, 0.25) is 0 Å². The maximum absolute atomic E-state index is 11.6. The van der Waals surface area contributed by atoms with Gasteiger partial charge in [0.05, 0.1) is 7.11 Å². The van der Waals surface area contributed by atoms with Gasteiger partial charge in [-0.05, 0) is 20.8 Å². The first-order valence-electron chi connectivity index (χ1n) is 6.28. The highest BCUT2D eigenvalue weighted by molar-refractivity contribution is 5.81. The Morgan fingerprint density at radius 1 is 1.24 bits per heavy atom. The minimum Gasteiger partial charge on any atom is -0.467 e. The maximum Gasteiger partial charge on any atom is 0.408 e. The molecule has 0 fully saturated rings. The molecule has 0 aromatic rings. The predicted octanol–water partition coefficient (Wildman–Crippen LogP) is 0.965. The van der Waals surface area contributed by atoms with Gasteiger partial charge in [-0.1, -0.05) is 6.08 Å². The number of carbonyl (C=O) groups is 3. The molecule has 0 heterocycles. The maximum atomic E-state index is 11.6. The van der Waals surface area contributed by atoms with Gasteiger partial charge in [0.15, 0.2) is 6.04 Å². The quantitative estimate of drug-likeness (QED) is 0.430. The molecule has 0 spiro atoms. The molecular weight excluding hydrogens is 280 g/mol. The van der Waals surface area contributed by atoms with Crippen molar-refractivity contribution in [3.8, 4) is 0 Å². The number of hydrogen-bond donors (Lipinski definition) is 2. The van der Waals surface area contributed by atoms with E-state index in [1.807, 2.05) is 0 Å². The molecule has 0 aliphatic heterocycles. The van der Waals surface area contributed by atoms with Gasteiger partial charge >= 0.3 is 18.2 Å². The highest BCUT2D eigenvalue weighted by Crippen LogP contribution is 2.07. The van der Waals surface area contributed by atoms with Gasteiger partial charge in [0.2, 0.25) is 0 Å². The van der Waals surface area contributed by atoms with Gasteiger partial charge in [-0.2, -0.15) is 0 Å². The van der Waals surface area contributed by atoms with Crippen molar-refractivity contribution in [1.82, 2.24) is 10.6 Å². The zero-order valence-electron chi connectivity index (χ0n) is 12.7. The predicted molar refractivity (Wildman–Crippen MR) is 74.7 cm³/mol. The molecule has 0 radical (unpaired) electrons. The van der Waals surface area contributed by atoms with Crippen LogP contribution < -0.4 is 10.6 Å². The zero-order chi connectivity index (χ0) is 16.5. The number of rotatable bonds is 6. The van der Waals surface area contributed by atoms with Crippen LogP contribution in [0.3, 0.4) is 0 Å². The Morgan fingerprint density at radius 3 is 2.33 bits per heavy atom. The van der Waals surface area contributed by atoms with Crippen molar-refractivity contribution < 1.29 is 28.6 Å². The second-order valence-electron chi connectivity index (χ2n) is 4.99. The standard InChI is InChI=1S/C13H22N2O6/c1-6-7-14-11(17)20-8-9(10(16)19-5)15-12(18)21-13(2,3)4/h6,9H,1,7-8H2,2-5H3,(H,14,17)(H,15,18)/t9-/m0/s1. The van der Waals surface area contributed by atoms with Gasteiger partial charge in [-0.15, -0.1) is 6.58 Å². The van der Waals surface area contributed by atoms with Crippen LogP contribution in [-0.4, -0.2) is 50.1 Å². The van der Waals surface area contributed by atoms with Crippen LogP contribution in [0.1, 0.15) is 20.8 Å². The van der Waals surface area contributed by atoms with Crippen LogP contribution in [0.25, 0.3) is 0 Å². The van der Waals surface area contributed by atoms with Crippen molar-refractivity contribution in [2.24, 2.45) is 0 Å². The fourth-order valence-electron chi connectivity index (χ4n) is 1.13. The Balaban J connectivity index is 4.46. The Bertz CT molecular complexity index is 389. The Kier molecular flexibility index (Phi) is 7.88. The summed E-state index contributed by atoms with van der Waals surface area (Å²) in [6, 6.07) is -1.15. The van der Waals surface area contributed by atoms with Crippen molar-refractivity contribution in [1.29, 1.82) is 0 Å². The summed E-state index contributed by atoms with van der Waals surface area (Å²) in [5.74, 6) is -0.752. The molecule has 0 aromatic heterocycles. The zero-order valence-corrected chi connectivity index (χ0v) is 12.7. The number of methoxy groups -OCH3 is 1. The van der Waals surface area contributed by atoms with Gasteiger partial charge in [-0.3, -0.25) is 0 Å². The van der Waals surface area contributed by atoms with Crippen LogP contribution in [0.15, 0.2) is 12.7 Å². The van der Waals surface area contributed by atoms with E-state index >= 15 is 0 Å². The fourth-order valence-corrected chi connectivity index (χ4v) is 1.13. The molecule has 0 aliphatic rings. The molecule has 2 amide bonds. The topological polar surface area (TPSA) is 103 Å². The summed E-state index contributed by atoms with van der Waals surface area (Å²) < 4.78 is 14.3. The van der Waals surface area contributed by atoms with E-state index in [9.17, 15) is 14.4 Å². The molecule has 120 valence electrons. The molecule has 21 heavy (non-hydrogen) atoms. The first-order valence-corrected chi connectivity index (χ1v) is 6.28. The van der Waals surface area contributed by atoms with E-state index < -0.39 is 29.8 Å². The van der Waals surface area contributed by atoms with E-state index in [0.717, 1.165) is 7.11 Å². The minimum atomic E-state index is -1.15. The van der Waals surface area contributed by atoms with E-state index in [1.165, 1.54) is 6.08 Å². The van der Waals surface area contributed by atoms with Crippen molar-refractivity contribution in [3.05, 3.63) is 12.7 Å². The smallest absolute Gasteiger partial charge is 0.408 e. The number of nitrogens with one attached hydrogen (secondary N) is 2. The average Bonchev–Trinajstić information content (AvgIpc) is 2.37. The van der Waals surface area contributed by atoms with E-state index in [4.69, 9.17) is 9.47 Å². The first kappa shape index (κ1) is 18.8. The first-order chi connectivity index (χ1) is 9.69. The SMILES string of the molecule is C=CCNC(=O)OC[C@H](NC(=O)OC(C)(C)C)C(=O)OC. The molecule has 1 atom stereocenters. The molecule has 2 N–H and O–H groups in total. The number of carbonyl (C=O) groups excluding carboxylic acids is 3. The highest BCUT2D eigenvalue weighted by Gasteiger charge is 2.26. The lowest BCUT2D eigenvalue weighted by molar-refractivity contribution is -0.144. The summed E-state index contributed by atoms with van der Waals surface area (Å²) in [5.41, 5.74) is -0.715. The van der Waals surface area contributed by atoms with Gasteiger partial charge in [0, 0.05) is 6.54 Å². The molecule has 8 nitrogen and oxygen atoms in total. The number of amides is 2. The van der Waals surface area contributed by atoms with E-state index in [2.05, 4.69) is 21.9 Å². The van der Waals surface area contributed by atoms with Crippen LogP contribution >= 0.6 is 0 Å². The second-order valence-corrected chi connectivity index (χ2v) is 4.99. The third-order valence-corrected chi connectivity index (χ3v) is 1.95. The fraction of sp³-hybridized carbons (Fsp3) is 0.615. The lowest BCUT2D eigenvalue weighted by Crippen LogP contribution is -2.47. The van der Waals surface area contributed by atoms with Crippen molar-refractivity contribution in [2.45, 2.75) is 32.4 Å². The third kappa shape index (κ3) is 9.31. The Hall–Kier alpha value is -2.25. The minimum absolute atomic E-state index is 0.223. The molecule has 0 unspecified atom stereocenters. The lowest BCUT2D eigenvalue weighted by atomic mass is 10.2. The number of ether oxygens (including phenoxy) is 3. The molecular formula is C13H22N2O6. The third-order valence-electron chi connectivity index (χ3n) is 1.95. The normalized spacial score (nSPS) is 11.8. The molecule has 0 aliphatic carbocycles. The average molecular weight is 302 g/mol. The van der Waals surface area contributed by atoms with Gasteiger partial charge in [0.1, 0.15) is 12.2 Å². The summed E-state index contributed by atoms with van der Waals surface area (Å²) in [5, 5.41) is 4.64. The number of esters is 1. The summed E-state index contributed by atoms with van der Waals surface area (Å²) >= 11 is 0. The van der Waals surface area contributed by atoms with E-state index in [-0.39, 0.29) is 13.2 Å². The van der Waals surface area contributed by atoms with Crippen molar-refractivity contribution in [2.75, 3.05) is 20.3 Å². The van der Waals surface area contributed by atoms with E-state index in [0.29, 0.717) is 0 Å². The van der Waals surface area contributed by atoms with Crippen molar-refractivity contribution in [3.63, 3.8) is 0 Å². The number of alkyl carbamates (subject to hydrolysis) is 2. The van der Waals surface area contributed by atoms with Gasteiger partial charge in [-0.25, -0.2) is 14.4 Å². The van der Waals surface area contributed by atoms with Gasteiger partial charge in [0.25, 0.3) is 0 Å². The van der Waals surface area contributed by atoms with Gasteiger partial charge < -0.3 is 24.8 Å². The summed E-state index contributed by atoms with van der Waals surface area (Å²) in [6.07, 6.45) is -0.0827. The van der Waals surface area contributed by atoms with E-state index in [1.54, 1.807) is 20.8 Å². The Morgan fingerprint density at radius 2 is 1.86 bits per heavy atom. The molecule has 0 aromatic carbocycles.